The van der Waals surface area contributed by atoms with Gasteiger partial charge in [-0.15, -0.1) is 0 Å². The fourth-order valence-electron chi connectivity index (χ4n) is 0.868. The molecule has 0 aliphatic rings. The molecule has 0 radical (unpaired) electrons. The number of carboxylic acid groups (broad SMARTS) is 1. The molecule has 1 unspecified atom stereocenters. The Morgan fingerprint density at radius 2 is 2.25 bits per heavy atom. The summed E-state index contributed by atoms with van der Waals surface area (Å²) in [6.45, 7) is 1.98. The summed E-state index contributed by atoms with van der Waals surface area (Å²) in [5.74, 6) is -1.25. The van der Waals surface area contributed by atoms with Crippen molar-refractivity contribution in [3.8, 4) is 0 Å². The van der Waals surface area contributed by atoms with E-state index in [4.69, 9.17) is 22.0 Å². The molecule has 5 heteroatoms. The van der Waals surface area contributed by atoms with Gasteiger partial charge in [-0.2, -0.15) is 0 Å². The molecule has 0 aliphatic heterocycles. The molecule has 0 saturated heterocycles. The summed E-state index contributed by atoms with van der Waals surface area (Å²) in [4.78, 5) is 12.6. The van der Waals surface area contributed by atoms with Crippen LogP contribution in [0.1, 0.15) is 26.2 Å². The summed E-state index contributed by atoms with van der Waals surface area (Å²) >= 11 is 5.27. The lowest BCUT2D eigenvalue weighted by Gasteiger charge is -2.16. The van der Waals surface area contributed by atoms with Crippen LogP contribution < -0.4 is 4.84 Å². The number of rotatable bonds is 6. The van der Waals surface area contributed by atoms with E-state index in [-0.39, 0.29) is 0 Å². The molecule has 0 aromatic heterocycles. The maximum Gasteiger partial charge on any atom is 0.334 e. The van der Waals surface area contributed by atoms with E-state index in [1.165, 1.54) is 0 Å². The minimum absolute atomic E-state index is 0.563. The number of unbranched alkanes of at least 4 members (excludes halogenated alkanes) is 1. The molecule has 0 aromatic carbocycles. The average molecular weight is 196 g/mol. The van der Waals surface area contributed by atoms with Gasteiger partial charge in [-0.3, -0.25) is 0 Å². The second kappa shape index (κ2) is 6.22. The van der Waals surface area contributed by atoms with E-state index in [1.54, 1.807) is 0 Å². The number of hydrogen-bond donors (Lipinski definition) is 3. The van der Waals surface area contributed by atoms with Crippen LogP contribution in [0, 0.1) is 0 Å². The van der Waals surface area contributed by atoms with Crippen LogP contribution in [0.2, 0.25) is 0 Å². The van der Waals surface area contributed by atoms with Gasteiger partial charge in [-0.05, 0) is 18.2 Å². The normalized spacial score (nSPS) is 15.6. The largest absolute Gasteiger partial charge is 0.479 e. The smallest absolute Gasteiger partial charge is 0.334 e. The highest BCUT2D eigenvalue weighted by Gasteiger charge is 2.23. The van der Waals surface area contributed by atoms with E-state index < -0.39 is 18.1 Å². The van der Waals surface area contributed by atoms with Crippen molar-refractivity contribution >= 4 is 17.7 Å². The number of carboxylic acids is 1. The molecule has 0 amide bonds. The zero-order valence-electron chi connectivity index (χ0n) is 6.96. The second-order valence-electron chi connectivity index (χ2n) is 2.64. The molecule has 0 heterocycles. The van der Waals surface area contributed by atoms with E-state index >= 15 is 0 Å². The summed E-state index contributed by atoms with van der Waals surface area (Å²) in [6, 6.07) is -0.566. The molecule has 0 aromatic rings. The SMILES string of the molecule is CCCC[C@H](NCl)C(O)C(=O)O. The number of aliphatic carboxylic acids is 1. The Bertz CT molecular complexity index is 143. The standard InChI is InChI=1S/C7H14ClNO3/c1-2-3-4-5(9-8)6(10)7(11)12/h5-6,9-10H,2-4H2,1H3,(H,11,12)/t5-,6?/m0/s1. The van der Waals surface area contributed by atoms with Crippen LogP contribution in [-0.2, 0) is 4.79 Å². The van der Waals surface area contributed by atoms with Crippen LogP contribution in [-0.4, -0.2) is 28.3 Å². The quantitative estimate of drug-likeness (QED) is 0.547. The van der Waals surface area contributed by atoms with Crippen molar-refractivity contribution in [2.75, 3.05) is 0 Å². The Labute approximate surface area is 76.6 Å². The number of nitrogens with one attached hydrogen (secondary N) is 1. The zero-order chi connectivity index (χ0) is 9.56. The Kier molecular flexibility index (Phi) is 6.06. The van der Waals surface area contributed by atoms with Crippen molar-refractivity contribution in [2.24, 2.45) is 0 Å². The first kappa shape index (κ1) is 11.7. The Morgan fingerprint density at radius 1 is 1.67 bits per heavy atom. The Balaban J connectivity index is 3.87. The molecule has 0 spiro atoms. The topological polar surface area (TPSA) is 69.6 Å². The molecule has 2 atom stereocenters. The number of carbonyl (C=O) groups is 1. The Hall–Kier alpha value is -0.320. The summed E-state index contributed by atoms with van der Waals surface area (Å²) in [5.41, 5.74) is 0. The first-order valence-electron chi connectivity index (χ1n) is 3.90. The number of aliphatic hydroxyl groups excluding tert-OH is 1. The minimum Gasteiger partial charge on any atom is -0.479 e. The van der Waals surface area contributed by atoms with E-state index in [0.717, 1.165) is 12.8 Å². The molecule has 0 fully saturated rings. The molecular weight excluding hydrogens is 182 g/mol. The van der Waals surface area contributed by atoms with Gasteiger partial charge in [0.15, 0.2) is 6.10 Å². The van der Waals surface area contributed by atoms with Gasteiger partial charge >= 0.3 is 5.97 Å². The lowest BCUT2D eigenvalue weighted by molar-refractivity contribution is -0.148. The van der Waals surface area contributed by atoms with Crippen LogP contribution in [0.4, 0.5) is 0 Å². The lowest BCUT2D eigenvalue weighted by Crippen LogP contribution is -2.40. The van der Waals surface area contributed by atoms with Crippen molar-refractivity contribution in [1.82, 2.24) is 4.84 Å². The van der Waals surface area contributed by atoms with E-state index in [2.05, 4.69) is 4.84 Å². The molecule has 12 heavy (non-hydrogen) atoms. The van der Waals surface area contributed by atoms with Gasteiger partial charge in [-0.25, -0.2) is 9.63 Å². The predicted molar refractivity (Wildman–Crippen MR) is 45.9 cm³/mol. The summed E-state index contributed by atoms with van der Waals surface area (Å²) in [7, 11) is 0. The molecule has 0 bridgehead atoms. The first-order valence-corrected chi connectivity index (χ1v) is 4.28. The fourth-order valence-corrected chi connectivity index (χ4v) is 1.10. The van der Waals surface area contributed by atoms with Gasteiger partial charge in [0.1, 0.15) is 0 Å². The molecule has 0 rings (SSSR count). The molecule has 0 saturated carbocycles. The molecule has 0 aliphatic carbocycles. The van der Waals surface area contributed by atoms with Crippen LogP contribution in [0.5, 0.6) is 0 Å². The van der Waals surface area contributed by atoms with Gasteiger partial charge in [0.25, 0.3) is 0 Å². The van der Waals surface area contributed by atoms with Crippen LogP contribution in [0.25, 0.3) is 0 Å². The van der Waals surface area contributed by atoms with Gasteiger partial charge in [0, 0.05) is 0 Å². The highest BCUT2D eigenvalue weighted by molar-refractivity contribution is 6.13. The van der Waals surface area contributed by atoms with Gasteiger partial charge in [0.2, 0.25) is 0 Å². The Morgan fingerprint density at radius 3 is 2.58 bits per heavy atom. The van der Waals surface area contributed by atoms with E-state index in [9.17, 15) is 4.79 Å². The summed E-state index contributed by atoms with van der Waals surface area (Å²) < 4.78 is 0. The third-order valence-electron chi connectivity index (χ3n) is 1.64. The van der Waals surface area contributed by atoms with Crippen LogP contribution >= 0.6 is 11.8 Å². The summed E-state index contributed by atoms with van der Waals surface area (Å²) in [5, 5.41) is 17.5. The van der Waals surface area contributed by atoms with Gasteiger partial charge in [-0.1, -0.05) is 19.8 Å². The molecule has 3 N–H and O–H groups in total. The van der Waals surface area contributed by atoms with Crippen molar-refractivity contribution in [1.29, 1.82) is 0 Å². The maximum atomic E-state index is 10.3. The minimum atomic E-state index is -1.42. The third kappa shape index (κ3) is 3.90. The van der Waals surface area contributed by atoms with E-state index in [1.807, 2.05) is 6.92 Å². The first-order chi connectivity index (χ1) is 5.63. The second-order valence-corrected chi connectivity index (χ2v) is 2.86. The van der Waals surface area contributed by atoms with Crippen molar-refractivity contribution < 1.29 is 15.0 Å². The highest BCUT2D eigenvalue weighted by Crippen LogP contribution is 2.06. The number of aliphatic hydroxyl groups is 1. The van der Waals surface area contributed by atoms with Crippen molar-refractivity contribution in [2.45, 2.75) is 38.3 Å². The highest BCUT2D eigenvalue weighted by atomic mass is 35.5. The van der Waals surface area contributed by atoms with Crippen LogP contribution in [0.15, 0.2) is 0 Å². The summed E-state index contributed by atoms with van der Waals surface area (Å²) in [6.07, 6.45) is 0.929. The molecular formula is C7H14ClNO3. The average Bonchev–Trinajstić information content (AvgIpc) is 2.05. The van der Waals surface area contributed by atoms with Crippen LogP contribution in [0.3, 0.4) is 0 Å². The number of hydrogen-bond acceptors (Lipinski definition) is 3. The van der Waals surface area contributed by atoms with Crippen molar-refractivity contribution in [3.63, 3.8) is 0 Å². The maximum absolute atomic E-state index is 10.3. The van der Waals surface area contributed by atoms with E-state index in [0.29, 0.717) is 6.42 Å². The number of halogens is 1. The zero-order valence-corrected chi connectivity index (χ0v) is 7.71. The monoisotopic (exact) mass is 195 g/mol. The predicted octanol–water partition coefficient (Wildman–Crippen LogP) is 0.734. The molecule has 4 nitrogen and oxygen atoms in total. The third-order valence-corrected chi connectivity index (χ3v) is 1.92. The fraction of sp³-hybridized carbons (Fsp3) is 0.857. The van der Waals surface area contributed by atoms with Crippen molar-refractivity contribution in [3.05, 3.63) is 0 Å². The lowest BCUT2D eigenvalue weighted by atomic mass is 10.1. The molecule has 72 valence electrons. The van der Waals surface area contributed by atoms with Gasteiger partial charge < -0.3 is 10.2 Å². The van der Waals surface area contributed by atoms with Gasteiger partial charge in [0.05, 0.1) is 6.04 Å².